The first kappa shape index (κ1) is 20.9. The Bertz CT molecular complexity index is 482. The fraction of sp³-hybridized carbons (Fsp3) is 0.667. The van der Waals surface area contributed by atoms with Gasteiger partial charge in [0, 0.05) is 24.6 Å². The Morgan fingerprint density at radius 1 is 0.692 bits per heavy atom. The average molecular weight is 357 g/mol. The molecule has 1 aromatic carbocycles. The first-order chi connectivity index (χ1) is 12.8. The van der Waals surface area contributed by atoms with Crippen LogP contribution >= 0.6 is 0 Å². The Morgan fingerprint density at radius 2 is 1.23 bits per heavy atom. The van der Waals surface area contributed by atoms with Crippen LogP contribution in [0.4, 0.5) is 5.69 Å². The van der Waals surface area contributed by atoms with E-state index in [9.17, 15) is 0 Å². The van der Waals surface area contributed by atoms with E-state index in [1.54, 1.807) is 0 Å². The topological polar surface area (TPSA) is 6.48 Å². The van der Waals surface area contributed by atoms with Gasteiger partial charge in [0.15, 0.2) is 0 Å². The number of anilines is 1. The zero-order valence-electron chi connectivity index (χ0n) is 17.2. The second-order valence-corrected chi connectivity index (χ2v) is 7.80. The van der Waals surface area contributed by atoms with E-state index in [-0.39, 0.29) is 0 Å². The second kappa shape index (κ2) is 12.8. The van der Waals surface area contributed by atoms with Crippen LogP contribution in [-0.4, -0.2) is 17.6 Å². The number of rotatable bonds is 14. The lowest BCUT2D eigenvalue weighted by Gasteiger charge is -2.29. The molecule has 0 radical (unpaired) electrons. The maximum atomic E-state index is 2.48. The minimum atomic E-state index is 0.435. The summed E-state index contributed by atoms with van der Waals surface area (Å²) in [6, 6.07) is 10.7. The summed E-state index contributed by atoms with van der Waals surface area (Å²) in [5.41, 5.74) is 1.29. The van der Waals surface area contributed by atoms with Crippen LogP contribution in [0.5, 0.6) is 0 Å². The standard InChI is InChI=1S/C24H40N2/c1-3-4-5-6-7-8-9-10-11-12-13-17-20-25-21-22-26(23(25)2)24-18-15-14-16-19-24/h14-16,18-19,21-23H,3-13,17,20H2,1-2H3. The normalized spacial score (nSPS) is 16.6. The van der Waals surface area contributed by atoms with Crippen LogP contribution in [0.3, 0.4) is 0 Å². The number of unbranched alkanes of at least 4 members (excludes halogenated alkanes) is 11. The van der Waals surface area contributed by atoms with Crippen molar-refractivity contribution in [2.75, 3.05) is 11.4 Å². The molecule has 0 saturated heterocycles. The summed E-state index contributed by atoms with van der Waals surface area (Å²) >= 11 is 0. The molecule has 26 heavy (non-hydrogen) atoms. The number of hydrogen-bond acceptors (Lipinski definition) is 2. The minimum absolute atomic E-state index is 0.435. The van der Waals surface area contributed by atoms with Crippen LogP contribution in [0.15, 0.2) is 42.7 Å². The average Bonchev–Trinajstić information content (AvgIpc) is 3.04. The van der Waals surface area contributed by atoms with Crippen molar-refractivity contribution < 1.29 is 0 Å². The van der Waals surface area contributed by atoms with Gasteiger partial charge in [-0.3, -0.25) is 0 Å². The molecular formula is C24H40N2. The fourth-order valence-electron chi connectivity index (χ4n) is 3.87. The Balaban J connectivity index is 1.45. The van der Waals surface area contributed by atoms with Gasteiger partial charge in [-0.05, 0) is 25.5 Å². The number of benzene rings is 1. The molecule has 0 N–H and O–H groups in total. The summed E-state index contributed by atoms with van der Waals surface area (Å²) in [4.78, 5) is 4.84. The summed E-state index contributed by atoms with van der Waals surface area (Å²) in [6.45, 7) is 5.77. The van der Waals surface area contributed by atoms with Crippen LogP contribution in [0, 0.1) is 0 Å². The van der Waals surface area contributed by atoms with E-state index in [2.05, 4.69) is 66.4 Å². The monoisotopic (exact) mass is 356 g/mol. The molecule has 1 heterocycles. The van der Waals surface area contributed by atoms with Crippen LogP contribution in [0.1, 0.15) is 90.9 Å². The molecule has 0 aromatic heterocycles. The molecule has 0 aliphatic carbocycles. The van der Waals surface area contributed by atoms with E-state index in [1.807, 2.05) is 0 Å². The van der Waals surface area contributed by atoms with Crippen molar-refractivity contribution >= 4 is 5.69 Å². The van der Waals surface area contributed by atoms with E-state index < -0.39 is 0 Å². The van der Waals surface area contributed by atoms with Crippen LogP contribution in [-0.2, 0) is 0 Å². The van der Waals surface area contributed by atoms with Crippen LogP contribution in [0.25, 0.3) is 0 Å². The first-order valence-corrected chi connectivity index (χ1v) is 11.1. The van der Waals surface area contributed by atoms with Crippen molar-refractivity contribution in [1.82, 2.24) is 4.90 Å². The highest BCUT2D eigenvalue weighted by molar-refractivity contribution is 5.51. The molecule has 1 aliphatic heterocycles. The van der Waals surface area contributed by atoms with Crippen LogP contribution < -0.4 is 4.90 Å². The van der Waals surface area contributed by atoms with Gasteiger partial charge in [-0.1, -0.05) is 95.8 Å². The van der Waals surface area contributed by atoms with Gasteiger partial charge in [0.05, 0.1) is 0 Å². The molecule has 0 spiro atoms. The molecule has 146 valence electrons. The summed E-state index contributed by atoms with van der Waals surface area (Å²) in [5, 5.41) is 0. The lowest BCUT2D eigenvalue weighted by Crippen LogP contribution is -2.36. The zero-order valence-corrected chi connectivity index (χ0v) is 17.2. The van der Waals surface area contributed by atoms with Gasteiger partial charge >= 0.3 is 0 Å². The van der Waals surface area contributed by atoms with Crippen molar-refractivity contribution in [2.45, 2.75) is 97.1 Å². The van der Waals surface area contributed by atoms with Gasteiger partial charge in [0.2, 0.25) is 0 Å². The van der Waals surface area contributed by atoms with Gasteiger partial charge in [0.1, 0.15) is 6.17 Å². The lowest BCUT2D eigenvalue weighted by molar-refractivity contribution is 0.309. The third-order valence-corrected chi connectivity index (χ3v) is 5.63. The van der Waals surface area contributed by atoms with E-state index in [4.69, 9.17) is 0 Å². The van der Waals surface area contributed by atoms with Crippen molar-refractivity contribution in [3.63, 3.8) is 0 Å². The lowest BCUT2D eigenvalue weighted by atomic mass is 10.1. The summed E-state index contributed by atoms with van der Waals surface area (Å²) in [5.74, 6) is 0. The molecule has 2 rings (SSSR count). The number of nitrogens with zero attached hydrogens (tertiary/aromatic N) is 2. The summed E-state index contributed by atoms with van der Waals surface area (Å²) in [6.07, 6.45) is 21.9. The molecule has 0 bridgehead atoms. The Labute approximate surface area is 162 Å². The Hall–Kier alpha value is -1.44. The maximum absolute atomic E-state index is 2.48. The van der Waals surface area contributed by atoms with Gasteiger partial charge in [-0.15, -0.1) is 0 Å². The zero-order chi connectivity index (χ0) is 18.5. The molecule has 0 fully saturated rings. The highest BCUT2D eigenvalue weighted by Gasteiger charge is 2.22. The smallest absolute Gasteiger partial charge is 0.102 e. The molecule has 1 atom stereocenters. The van der Waals surface area contributed by atoms with E-state index in [1.165, 1.54) is 89.3 Å². The number of para-hydroxylation sites is 1. The summed E-state index contributed by atoms with van der Waals surface area (Å²) in [7, 11) is 0. The Kier molecular flexibility index (Phi) is 10.3. The largest absolute Gasteiger partial charge is 0.356 e. The minimum Gasteiger partial charge on any atom is -0.356 e. The van der Waals surface area contributed by atoms with E-state index in [0.29, 0.717) is 6.17 Å². The van der Waals surface area contributed by atoms with Gasteiger partial charge in [-0.2, -0.15) is 0 Å². The maximum Gasteiger partial charge on any atom is 0.102 e. The highest BCUT2D eigenvalue weighted by Crippen LogP contribution is 2.24. The van der Waals surface area contributed by atoms with Crippen LogP contribution in [0.2, 0.25) is 0 Å². The quantitative estimate of drug-likeness (QED) is 0.322. The predicted octanol–water partition coefficient (Wildman–Crippen LogP) is 7.33. The van der Waals surface area contributed by atoms with Gasteiger partial charge in [-0.25, -0.2) is 0 Å². The predicted molar refractivity (Wildman–Crippen MR) is 115 cm³/mol. The third kappa shape index (κ3) is 7.43. The first-order valence-electron chi connectivity index (χ1n) is 11.1. The highest BCUT2D eigenvalue weighted by atomic mass is 15.4. The molecule has 2 heteroatoms. The molecule has 0 saturated carbocycles. The SMILES string of the molecule is CCCCCCCCCCCCCCN1C=CN(c2ccccc2)C1C. The van der Waals surface area contributed by atoms with Gasteiger partial charge in [0.25, 0.3) is 0 Å². The second-order valence-electron chi connectivity index (χ2n) is 7.80. The molecule has 0 amide bonds. The van der Waals surface area contributed by atoms with E-state index >= 15 is 0 Å². The summed E-state index contributed by atoms with van der Waals surface area (Å²) < 4.78 is 0. The van der Waals surface area contributed by atoms with Crippen molar-refractivity contribution in [3.8, 4) is 0 Å². The van der Waals surface area contributed by atoms with Gasteiger partial charge < -0.3 is 9.80 Å². The van der Waals surface area contributed by atoms with Crippen molar-refractivity contribution in [2.24, 2.45) is 0 Å². The fourth-order valence-corrected chi connectivity index (χ4v) is 3.87. The number of hydrogen-bond donors (Lipinski definition) is 0. The molecule has 1 aromatic rings. The van der Waals surface area contributed by atoms with Crippen molar-refractivity contribution in [1.29, 1.82) is 0 Å². The third-order valence-electron chi connectivity index (χ3n) is 5.63. The van der Waals surface area contributed by atoms with Crippen molar-refractivity contribution in [3.05, 3.63) is 42.7 Å². The molecule has 1 aliphatic rings. The Morgan fingerprint density at radius 3 is 1.81 bits per heavy atom. The molecule has 1 unspecified atom stereocenters. The molecule has 2 nitrogen and oxygen atoms in total. The molecular weight excluding hydrogens is 316 g/mol. The van der Waals surface area contributed by atoms with E-state index in [0.717, 1.165) is 0 Å².